The third-order valence-electron chi connectivity index (χ3n) is 4.26. The van der Waals surface area contributed by atoms with E-state index < -0.39 is 0 Å². The topological polar surface area (TPSA) is 26.3 Å². The summed E-state index contributed by atoms with van der Waals surface area (Å²) >= 11 is 0. The van der Waals surface area contributed by atoms with Crippen molar-refractivity contribution in [2.45, 2.75) is 6.92 Å². The van der Waals surface area contributed by atoms with Crippen LogP contribution in [-0.2, 0) is 9.53 Å². The number of esters is 1. The molecule has 0 bridgehead atoms. The van der Waals surface area contributed by atoms with E-state index in [4.69, 9.17) is 4.74 Å². The van der Waals surface area contributed by atoms with Crippen LogP contribution in [-0.4, -0.2) is 19.1 Å². The Morgan fingerprint density at radius 3 is 1.40 bits per heavy atom. The molecule has 0 aliphatic heterocycles. The Morgan fingerprint density at radius 2 is 1.08 bits per heavy atom. The van der Waals surface area contributed by atoms with Gasteiger partial charge in [0, 0.05) is 0 Å². The predicted molar refractivity (Wildman–Crippen MR) is 102 cm³/mol. The fourth-order valence-electron chi connectivity index (χ4n) is 3.17. The maximum atomic E-state index is 12.5. The third-order valence-corrected chi connectivity index (χ3v) is 4.26. The smallest absolute Gasteiger partial charge is 0.363 e. The molecule has 0 radical (unpaired) electrons. The molecule has 0 heterocycles. The SMILES string of the molecule is CCOC(=O)C[N+](c1ccccc1)(c1ccccc1)c1ccccc1. The molecular weight excluding hydrogens is 310 g/mol. The van der Waals surface area contributed by atoms with E-state index in [0.717, 1.165) is 17.1 Å². The molecule has 0 fully saturated rings. The molecule has 3 aromatic rings. The Labute approximate surface area is 148 Å². The Bertz CT molecular complexity index is 705. The van der Waals surface area contributed by atoms with E-state index in [9.17, 15) is 4.79 Å². The third kappa shape index (κ3) is 3.47. The highest BCUT2D eigenvalue weighted by atomic mass is 16.5. The molecular formula is C22H22NO2+. The summed E-state index contributed by atoms with van der Waals surface area (Å²) in [4.78, 5) is 12.5. The summed E-state index contributed by atoms with van der Waals surface area (Å²) in [6.45, 7) is 2.41. The molecule has 0 atom stereocenters. The van der Waals surface area contributed by atoms with Gasteiger partial charge < -0.3 is 4.74 Å². The van der Waals surface area contributed by atoms with Crippen molar-refractivity contribution in [3.8, 4) is 0 Å². The highest BCUT2D eigenvalue weighted by Gasteiger charge is 2.39. The molecule has 0 aliphatic carbocycles. The monoisotopic (exact) mass is 332 g/mol. The summed E-state index contributed by atoms with van der Waals surface area (Å²) in [7, 11) is 0. The molecule has 0 spiro atoms. The van der Waals surface area contributed by atoms with Crippen LogP contribution in [0.25, 0.3) is 0 Å². The second-order valence-corrected chi connectivity index (χ2v) is 5.78. The number of ether oxygens (including phenoxy) is 1. The van der Waals surface area contributed by atoms with Crippen molar-refractivity contribution in [3.05, 3.63) is 91.0 Å². The first kappa shape index (κ1) is 16.9. The van der Waals surface area contributed by atoms with Crippen LogP contribution in [0.1, 0.15) is 6.92 Å². The first-order chi connectivity index (χ1) is 12.3. The summed E-state index contributed by atoms with van der Waals surface area (Å²) < 4.78 is 5.60. The minimum absolute atomic E-state index is 0.200. The van der Waals surface area contributed by atoms with E-state index in [-0.39, 0.29) is 12.5 Å². The molecule has 0 saturated heterocycles. The van der Waals surface area contributed by atoms with Gasteiger partial charge >= 0.3 is 5.97 Å². The zero-order valence-corrected chi connectivity index (χ0v) is 14.3. The lowest BCUT2D eigenvalue weighted by Crippen LogP contribution is -2.44. The van der Waals surface area contributed by atoms with Gasteiger partial charge in [-0.05, 0) is 43.3 Å². The number of quaternary nitrogens is 1. The Balaban J connectivity index is 2.26. The van der Waals surface area contributed by atoms with Crippen molar-refractivity contribution in [1.29, 1.82) is 0 Å². The zero-order valence-electron chi connectivity index (χ0n) is 14.3. The second kappa shape index (κ2) is 7.77. The van der Waals surface area contributed by atoms with Crippen LogP contribution in [0, 0.1) is 0 Å². The Hall–Kier alpha value is -2.91. The van der Waals surface area contributed by atoms with Gasteiger partial charge in [-0.25, -0.2) is 9.28 Å². The number of nitrogens with zero attached hydrogens (tertiary/aromatic N) is 1. The summed E-state index contributed by atoms with van der Waals surface area (Å²) in [6.07, 6.45) is 0. The van der Waals surface area contributed by atoms with Crippen LogP contribution in [0.5, 0.6) is 0 Å². The van der Waals surface area contributed by atoms with Gasteiger partial charge in [-0.1, -0.05) is 54.6 Å². The lowest BCUT2D eigenvalue weighted by Gasteiger charge is -2.36. The van der Waals surface area contributed by atoms with Crippen LogP contribution in [0.15, 0.2) is 91.0 Å². The molecule has 0 unspecified atom stereocenters. The minimum atomic E-state index is -0.223. The second-order valence-electron chi connectivity index (χ2n) is 5.78. The first-order valence-corrected chi connectivity index (χ1v) is 8.48. The lowest BCUT2D eigenvalue weighted by atomic mass is 10.1. The van der Waals surface area contributed by atoms with E-state index in [0.29, 0.717) is 11.1 Å². The van der Waals surface area contributed by atoms with E-state index >= 15 is 0 Å². The zero-order chi connectivity index (χ0) is 17.5. The van der Waals surface area contributed by atoms with Crippen molar-refractivity contribution in [1.82, 2.24) is 4.48 Å². The van der Waals surface area contributed by atoms with Crippen molar-refractivity contribution in [2.75, 3.05) is 13.2 Å². The molecule has 0 aliphatic rings. The molecule has 25 heavy (non-hydrogen) atoms. The summed E-state index contributed by atoms with van der Waals surface area (Å²) in [5, 5.41) is 0. The van der Waals surface area contributed by atoms with Crippen LogP contribution < -0.4 is 4.48 Å². The molecule has 0 N–H and O–H groups in total. The molecule has 0 saturated carbocycles. The van der Waals surface area contributed by atoms with E-state index in [2.05, 4.69) is 36.4 Å². The number of rotatable bonds is 6. The van der Waals surface area contributed by atoms with E-state index in [1.54, 1.807) is 0 Å². The van der Waals surface area contributed by atoms with Gasteiger partial charge in [0.2, 0.25) is 0 Å². The lowest BCUT2D eigenvalue weighted by molar-refractivity contribution is -0.142. The Kier molecular flexibility index (Phi) is 5.26. The summed E-state index contributed by atoms with van der Waals surface area (Å²) in [6, 6.07) is 30.3. The van der Waals surface area contributed by atoms with Gasteiger partial charge in [-0.2, -0.15) is 0 Å². The van der Waals surface area contributed by atoms with Crippen LogP contribution in [0.4, 0.5) is 17.1 Å². The minimum Gasteiger partial charge on any atom is -0.462 e. The maximum Gasteiger partial charge on any atom is 0.363 e. The van der Waals surface area contributed by atoms with Crippen molar-refractivity contribution in [3.63, 3.8) is 0 Å². The van der Waals surface area contributed by atoms with E-state index in [1.165, 1.54) is 0 Å². The van der Waals surface area contributed by atoms with Crippen molar-refractivity contribution < 1.29 is 9.53 Å². The number of para-hydroxylation sites is 3. The van der Waals surface area contributed by atoms with Crippen molar-refractivity contribution in [2.24, 2.45) is 0 Å². The highest BCUT2D eigenvalue weighted by Crippen LogP contribution is 2.43. The summed E-state index contributed by atoms with van der Waals surface area (Å²) in [5.41, 5.74) is 3.06. The molecule has 3 aromatic carbocycles. The maximum absolute atomic E-state index is 12.5. The number of hydrogen-bond donors (Lipinski definition) is 0. The normalized spacial score (nSPS) is 11.1. The largest absolute Gasteiger partial charge is 0.462 e. The van der Waals surface area contributed by atoms with Gasteiger partial charge in [0.05, 0.1) is 6.61 Å². The molecule has 0 amide bonds. The fourth-order valence-corrected chi connectivity index (χ4v) is 3.17. The quantitative estimate of drug-likeness (QED) is 0.457. The van der Waals surface area contributed by atoms with Gasteiger partial charge in [0.1, 0.15) is 17.1 Å². The predicted octanol–water partition coefficient (Wildman–Crippen LogP) is 5.22. The molecule has 3 nitrogen and oxygen atoms in total. The standard InChI is InChI=1S/C22H22NO2/c1-2-25-22(24)18-23(19-12-6-3-7-13-19,20-14-8-4-9-15-20)21-16-10-5-11-17-21/h3-17H,2,18H2,1H3/q+1. The van der Waals surface area contributed by atoms with Gasteiger partial charge in [0.25, 0.3) is 0 Å². The molecule has 3 heteroatoms. The average molecular weight is 332 g/mol. The molecule has 3 rings (SSSR count). The number of hydrogen-bond acceptors (Lipinski definition) is 2. The van der Waals surface area contributed by atoms with Gasteiger partial charge in [-0.3, -0.25) is 0 Å². The average Bonchev–Trinajstić information content (AvgIpc) is 2.68. The molecule has 126 valence electrons. The Morgan fingerprint density at radius 1 is 0.720 bits per heavy atom. The first-order valence-electron chi connectivity index (χ1n) is 8.48. The fraction of sp³-hybridized carbons (Fsp3) is 0.136. The van der Waals surface area contributed by atoms with Crippen LogP contribution in [0.2, 0.25) is 0 Å². The number of carbonyl (C=O) groups excluding carboxylic acids is 1. The number of benzene rings is 3. The van der Waals surface area contributed by atoms with E-state index in [1.807, 2.05) is 61.5 Å². The van der Waals surface area contributed by atoms with Gasteiger partial charge in [0.15, 0.2) is 6.54 Å². The number of carbonyl (C=O) groups is 1. The highest BCUT2D eigenvalue weighted by molar-refractivity contribution is 5.82. The van der Waals surface area contributed by atoms with Crippen LogP contribution in [0.3, 0.4) is 0 Å². The van der Waals surface area contributed by atoms with Crippen LogP contribution >= 0.6 is 0 Å². The molecule has 0 aromatic heterocycles. The van der Waals surface area contributed by atoms with Crippen molar-refractivity contribution >= 4 is 23.0 Å². The van der Waals surface area contributed by atoms with Gasteiger partial charge in [-0.15, -0.1) is 0 Å². The summed E-state index contributed by atoms with van der Waals surface area (Å²) in [5.74, 6) is -0.223.